The molecule has 0 bridgehead atoms. The Morgan fingerprint density at radius 3 is 1.32 bits per heavy atom. The molecule has 0 unspecified atom stereocenters. The van der Waals surface area contributed by atoms with Crippen molar-refractivity contribution in [1.82, 2.24) is 13.7 Å². The van der Waals surface area contributed by atoms with Gasteiger partial charge in [-0.15, -0.1) is 0 Å². The van der Waals surface area contributed by atoms with Crippen LogP contribution in [0.1, 0.15) is 0 Å². The number of nitrogens with zero attached hydrogens (tertiary/aromatic N) is 3. The zero-order chi connectivity index (χ0) is 30.9. The first kappa shape index (κ1) is 26.0. The van der Waals surface area contributed by atoms with E-state index in [9.17, 15) is 0 Å². The molecular formula is C44H29N3. The van der Waals surface area contributed by atoms with Gasteiger partial charge in [-0.1, -0.05) is 97.1 Å². The van der Waals surface area contributed by atoms with Crippen molar-refractivity contribution < 1.29 is 0 Å². The number of para-hydroxylation sites is 4. The highest BCUT2D eigenvalue weighted by atomic mass is 15.0. The molecule has 0 spiro atoms. The van der Waals surface area contributed by atoms with Crippen LogP contribution in [0, 0.1) is 0 Å². The Kier molecular flexibility index (Phi) is 5.57. The molecule has 3 nitrogen and oxygen atoms in total. The van der Waals surface area contributed by atoms with Gasteiger partial charge in [-0.3, -0.25) is 0 Å². The lowest BCUT2D eigenvalue weighted by Crippen LogP contribution is -1.95. The minimum atomic E-state index is 1.15. The highest BCUT2D eigenvalue weighted by Crippen LogP contribution is 2.37. The SMILES string of the molecule is c1ccc(-n2ccc3cc4c5ccccc5n(-c5ccc(-c6ccc(-n7c8ccccc8c8ccccc87)cc6)cc5)c4cc32)cc1. The average Bonchev–Trinajstić information content (AvgIpc) is 3.81. The normalized spacial score (nSPS) is 11.8. The molecule has 0 N–H and O–H groups in total. The maximum atomic E-state index is 2.40. The van der Waals surface area contributed by atoms with Gasteiger partial charge < -0.3 is 13.7 Å². The van der Waals surface area contributed by atoms with Crippen molar-refractivity contribution in [2.24, 2.45) is 0 Å². The smallest absolute Gasteiger partial charge is 0.0562 e. The zero-order valence-corrected chi connectivity index (χ0v) is 25.6. The Morgan fingerprint density at radius 2 is 0.766 bits per heavy atom. The lowest BCUT2D eigenvalue weighted by Gasteiger charge is -2.11. The van der Waals surface area contributed by atoms with Gasteiger partial charge >= 0.3 is 0 Å². The van der Waals surface area contributed by atoms with E-state index in [1.165, 1.54) is 71.3 Å². The minimum absolute atomic E-state index is 1.15. The molecule has 7 aromatic carbocycles. The van der Waals surface area contributed by atoms with E-state index in [2.05, 4.69) is 190 Å². The molecule has 0 aliphatic carbocycles. The standard InChI is InChI=1S/C44H29N3/c1-2-10-33(11-3-1)45-27-26-32-28-39-38-14-6-9-17-42(38)47(44(39)29-43(32)45)35-24-20-31(21-25-35)30-18-22-34(23-19-30)46-40-15-7-4-12-36(40)37-13-5-8-16-41(37)46/h1-29H. The summed E-state index contributed by atoms with van der Waals surface area (Å²) in [5.74, 6) is 0. The lowest BCUT2D eigenvalue weighted by molar-refractivity contribution is 1.12. The van der Waals surface area contributed by atoms with E-state index in [-0.39, 0.29) is 0 Å². The van der Waals surface area contributed by atoms with Crippen molar-refractivity contribution in [1.29, 1.82) is 0 Å². The molecule has 0 aliphatic rings. The second-order valence-corrected chi connectivity index (χ2v) is 12.3. The number of fused-ring (bicyclic) bond motifs is 7. The quantitative estimate of drug-likeness (QED) is 0.191. The van der Waals surface area contributed by atoms with Crippen LogP contribution in [-0.2, 0) is 0 Å². The molecule has 3 heteroatoms. The Hall–Kier alpha value is -6.32. The Bertz CT molecular complexity index is 2700. The molecule has 47 heavy (non-hydrogen) atoms. The monoisotopic (exact) mass is 599 g/mol. The van der Waals surface area contributed by atoms with E-state index in [0.29, 0.717) is 0 Å². The zero-order valence-electron chi connectivity index (χ0n) is 25.6. The van der Waals surface area contributed by atoms with Crippen LogP contribution in [0.2, 0.25) is 0 Å². The fraction of sp³-hybridized carbons (Fsp3) is 0. The van der Waals surface area contributed by atoms with Gasteiger partial charge in [0, 0.05) is 50.2 Å². The van der Waals surface area contributed by atoms with Crippen LogP contribution in [0.4, 0.5) is 0 Å². The third-order valence-corrected chi connectivity index (χ3v) is 9.68. The van der Waals surface area contributed by atoms with Gasteiger partial charge in [0.25, 0.3) is 0 Å². The molecule has 220 valence electrons. The third-order valence-electron chi connectivity index (χ3n) is 9.68. The lowest BCUT2D eigenvalue weighted by atomic mass is 10.0. The first-order valence-electron chi connectivity index (χ1n) is 16.1. The summed E-state index contributed by atoms with van der Waals surface area (Å²) in [6.45, 7) is 0. The van der Waals surface area contributed by atoms with Crippen molar-refractivity contribution in [3.05, 3.63) is 176 Å². The molecule has 10 rings (SSSR count). The number of benzene rings is 7. The van der Waals surface area contributed by atoms with Gasteiger partial charge in [0.2, 0.25) is 0 Å². The third kappa shape index (κ3) is 3.93. The molecule has 0 amide bonds. The summed E-state index contributed by atoms with van der Waals surface area (Å²) in [4.78, 5) is 0. The predicted octanol–water partition coefficient (Wildman–Crippen LogP) is 11.5. The Balaban J connectivity index is 1.07. The molecule has 0 fully saturated rings. The van der Waals surface area contributed by atoms with Crippen molar-refractivity contribution in [3.8, 4) is 28.2 Å². The highest BCUT2D eigenvalue weighted by Gasteiger charge is 2.16. The topological polar surface area (TPSA) is 14.8 Å². The van der Waals surface area contributed by atoms with Gasteiger partial charge in [0.1, 0.15) is 0 Å². The van der Waals surface area contributed by atoms with E-state index in [1.54, 1.807) is 0 Å². The first-order valence-corrected chi connectivity index (χ1v) is 16.1. The van der Waals surface area contributed by atoms with E-state index < -0.39 is 0 Å². The molecule has 0 aliphatic heterocycles. The summed E-state index contributed by atoms with van der Waals surface area (Å²) in [5, 5.41) is 6.33. The maximum Gasteiger partial charge on any atom is 0.0562 e. The van der Waals surface area contributed by atoms with Gasteiger partial charge in [0.05, 0.1) is 27.6 Å². The van der Waals surface area contributed by atoms with Crippen LogP contribution in [0.25, 0.3) is 82.7 Å². The largest absolute Gasteiger partial charge is 0.316 e. The molecule has 0 saturated carbocycles. The van der Waals surface area contributed by atoms with E-state index in [4.69, 9.17) is 0 Å². The molecule has 0 saturated heterocycles. The van der Waals surface area contributed by atoms with E-state index in [0.717, 1.165) is 11.4 Å². The number of hydrogen-bond acceptors (Lipinski definition) is 0. The van der Waals surface area contributed by atoms with Crippen molar-refractivity contribution >= 4 is 54.5 Å². The van der Waals surface area contributed by atoms with E-state index >= 15 is 0 Å². The highest BCUT2D eigenvalue weighted by molar-refractivity contribution is 6.13. The molecule has 10 aromatic rings. The van der Waals surface area contributed by atoms with Gasteiger partial charge in [-0.2, -0.15) is 0 Å². The second-order valence-electron chi connectivity index (χ2n) is 12.3. The summed E-state index contributed by atoms with van der Waals surface area (Å²) >= 11 is 0. The van der Waals surface area contributed by atoms with Gasteiger partial charge in [0.15, 0.2) is 0 Å². The van der Waals surface area contributed by atoms with Crippen LogP contribution >= 0.6 is 0 Å². The average molecular weight is 600 g/mol. The molecule has 0 atom stereocenters. The fourth-order valence-electron chi connectivity index (χ4n) is 7.50. The first-order chi connectivity index (χ1) is 23.3. The summed E-state index contributed by atoms with van der Waals surface area (Å²) in [6, 6.07) is 61.5. The maximum absolute atomic E-state index is 2.40. The predicted molar refractivity (Wildman–Crippen MR) is 197 cm³/mol. The summed E-state index contributed by atoms with van der Waals surface area (Å²) in [6.07, 6.45) is 2.17. The van der Waals surface area contributed by atoms with Crippen LogP contribution < -0.4 is 0 Å². The van der Waals surface area contributed by atoms with Gasteiger partial charge in [-0.25, -0.2) is 0 Å². The van der Waals surface area contributed by atoms with Crippen molar-refractivity contribution in [2.45, 2.75) is 0 Å². The summed E-state index contributed by atoms with van der Waals surface area (Å²) in [7, 11) is 0. The second kappa shape index (κ2) is 10.1. The van der Waals surface area contributed by atoms with Crippen LogP contribution in [0.5, 0.6) is 0 Å². The number of hydrogen-bond donors (Lipinski definition) is 0. The van der Waals surface area contributed by atoms with Crippen molar-refractivity contribution in [3.63, 3.8) is 0 Å². The summed E-state index contributed by atoms with van der Waals surface area (Å²) < 4.78 is 7.05. The Morgan fingerprint density at radius 1 is 0.298 bits per heavy atom. The van der Waals surface area contributed by atoms with Crippen molar-refractivity contribution in [2.75, 3.05) is 0 Å². The molecule has 3 heterocycles. The number of rotatable bonds is 4. The minimum Gasteiger partial charge on any atom is -0.316 e. The van der Waals surface area contributed by atoms with Crippen LogP contribution in [0.15, 0.2) is 176 Å². The van der Waals surface area contributed by atoms with Crippen LogP contribution in [-0.4, -0.2) is 13.7 Å². The van der Waals surface area contributed by atoms with Crippen LogP contribution in [0.3, 0.4) is 0 Å². The molecular weight excluding hydrogens is 571 g/mol. The van der Waals surface area contributed by atoms with Gasteiger partial charge in [-0.05, 0) is 83.9 Å². The summed E-state index contributed by atoms with van der Waals surface area (Å²) in [5.41, 5.74) is 12.0. The van der Waals surface area contributed by atoms with E-state index in [1.807, 2.05) is 0 Å². The molecule has 0 radical (unpaired) electrons. The molecule has 3 aromatic heterocycles. The number of aromatic nitrogens is 3. The Labute approximate surface area is 271 Å². The fourth-order valence-corrected chi connectivity index (χ4v) is 7.50.